The van der Waals surface area contributed by atoms with Crippen molar-refractivity contribution < 1.29 is 0 Å². The maximum atomic E-state index is 5.77. The standard InChI is InChI=1S/C5H12N4/c1-5(6)3-4-8-9(5)7-2/h4,7H,3,6H2,1-2H3. The van der Waals surface area contributed by atoms with E-state index < -0.39 is 0 Å². The lowest BCUT2D eigenvalue weighted by Crippen LogP contribution is -2.52. The van der Waals surface area contributed by atoms with Gasteiger partial charge < -0.3 is 5.73 Å². The van der Waals surface area contributed by atoms with Crippen LogP contribution < -0.4 is 11.2 Å². The SMILES string of the molecule is CNN1N=CCC1(C)N. The van der Waals surface area contributed by atoms with E-state index in [1.807, 2.05) is 6.92 Å². The molecule has 0 bridgehead atoms. The summed E-state index contributed by atoms with van der Waals surface area (Å²) >= 11 is 0. The number of nitrogens with one attached hydrogen (secondary N) is 1. The molecule has 52 valence electrons. The lowest BCUT2D eigenvalue weighted by Gasteiger charge is -2.28. The number of hydrogen-bond donors (Lipinski definition) is 2. The zero-order valence-corrected chi connectivity index (χ0v) is 5.76. The zero-order valence-electron chi connectivity index (χ0n) is 5.76. The molecule has 0 aliphatic carbocycles. The van der Waals surface area contributed by atoms with Crippen LogP contribution in [0.4, 0.5) is 0 Å². The van der Waals surface area contributed by atoms with E-state index in [9.17, 15) is 0 Å². The van der Waals surface area contributed by atoms with E-state index in [1.165, 1.54) is 0 Å². The third-order valence-electron chi connectivity index (χ3n) is 1.40. The highest BCUT2D eigenvalue weighted by Gasteiger charge is 2.28. The van der Waals surface area contributed by atoms with Crippen LogP contribution in [0.25, 0.3) is 0 Å². The molecule has 1 aliphatic rings. The molecule has 1 aliphatic heterocycles. The highest BCUT2D eigenvalue weighted by Crippen LogP contribution is 2.13. The van der Waals surface area contributed by atoms with Gasteiger partial charge in [0.1, 0.15) is 5.66 Å². The van der Waals surface area contributed by atoms with Gasteiger partial charge in [-0.05, 0) is 6.92 Å². The van der Waals surface area contributed by atoms with Gasteiger partial charge in [0.25, 0.3) is 0 Å². The second kappa shape index (κ2) is 1.97. The highest BCUT2D eigenvalue weighted by molar-refractivity contribution is 5.60. The Morgan fingerprint density at radius 3 is 2.78 bits per heavy atom. The lowest BCUT2D eigenvalue weighted by atomic mass is 10.2. The predicted molar refractivity (Wildman–Crippen MR) is 36.6 cm³/mol. The van der Waals surface area contributed by atoms with Gasteiger partial charge in [0.05, 0.1) is 0 Å². The van der Waals surface area contributed by atoms with Gasteiger partial charge in [-0.1, -0.05) is 0 Å². The summed E-state index contributed by atoms with van der Waals surface area (Å²) in [6.45, 7) is 1.93. The molecule has 0 fully saturated rings. The van der Waals surface area contributed by atoms with Crippen LogP contribution in [0.3, 0.4) is 0 Å². The largest absolute Gasteiger partial charge is 0.306 e. The zero-order chi connectivity index (χ0) is 6.91. The fraction of sp³-hybridized carbons (Fsp3) is 0.800. The number of hydrazone groups is 1. The third kappa shape index (κ3) is 1.04. The van der Waals surface area contributed by atoms with Gasteiger partial charge in [-0.25, -0.2) is 10.5 Å². The van der Waals surface area contributed by atoms with Crippen molar-refractivity contribution >= 4 is 6.21 Å². The summed E-state index contributed by atoms with van der Waals surface area (Å²) in [6, 6.07) is 0. The Balaban J connectivity index is 2.60. The molecule has 0 saturated heterocycles. The first-order valence-electron chi connectivity index (χ1n) is 2.96. The first-order chi connectivity index (χ1) is 4.17. The Morgan fingerprint density at radius 2 is 2.56 bits per heavy atom. The van der Waals surface area contributed by atoms with Crippen LogP contribution in [0.5, 0.6) is 0 Å². The van der Waals surface area contributed by atoms with Gasteiger partial charge in [-0.2, -0.15) is 5.10 Å². The fourth-order valence-corrected chi connectivity index (χ4v) is 0.839. The average molecular weight is 128 g/mol. The highest BCUT2D eigenvalue weighted by atomic mass is 15.7. The molecular weight excluding hydrogens is 116 g/mol. The fourth-order valence-electron chi connectivity index (χ4n) is 0.839. The first-order valence-corrected chi connectivity index (χ1v) is 2.96. The summed E-state index contributed by atoms with van der Waals surface area (Å²) in [5.74, 6) is 0. The van der Waals surface area contributed by atoms with Crippen LogP contribution in [0.2, 0.25) is 0 Å². The van der Waals surface area contributed by atoms with Crippen molar-refractivity contribution in [2.24, 2.45) is 10.8 Å². The van der Waals surface area contributed by atoms with Crippen molar-refractivity contribution in [3.63, 3.8) is 0 Å². The van der Waals surface area contributed by atoms with Crippen molar-refractivity contribution in [3.8, 4) is 0 Å². The van der Waals surface area contributed by atoms with Crippen LogP contribution in [0.1, 0.15) is 13.3 Å². The maximum absolute atomic E-state index is 5.77. The van der Waals surface area contributed by atoms with Gasteiger partial charge in [0.15, 0.2) is 0 Å². The quantitative estimate of drug-likeness (QED) is 0.500. The van der Waals surface area contributed by atoms with Crippen molar-refractivity contribution in [1.29, 1.82) is 0 Å². The normalized spacial score (nSPS) is 33.9. The molecule has 1 atom stereocenters. The molecule has 4 heteroatoms. The minimum Gasteiger partial charge on any atom is -0.306 e. The summed E-state index contributed by atoms with van der Waals surface area (Å²) in [4.78, 5) is 0. The molecule has 0 aromatic carbocycles. The van der Waals surface area contributed by atoms with E-state index >= 15 is 0 Å². The topological polar surface area (TPSA) is 53.6 Å². The van der Waals surface area contributed by atoms with E-state index in [-0.39, 0.29) is 5.66 Å². The number of hydrazine groups is 1. The molecule has 0 radical (unpaired) electrons. The number of nitrogens with zero attached hydrogens (tertiary/aromatic N) is 2. The molecule has 0 saturated carbocycles. The van der Waals surface area contributed by atoms with E-state index in [0.29, 0.717) is 0 Å². The Labute approximate surface area is 54.7 Å². The molecule has 9 heavy (non-hydrogen) atoms. The molecule has 1 heterocycles. The third-order valence-corrected chi connectivity index (χ3v) is 1.40. The van der Waals surface area contributed by atoms with Gasteiger partial charge in [-0.3, -0.25) is 0 Å². The Kier molecular flexibility index (Phi) is 1.42. The summed E-state index contributed by atoms with van der Waals surface area (Å²) in [5.41, 5.74) is 8.30. The summed E-state index contributed by atoms with van der Waals surface area (Å²) in [7, 11) is 1.80. The van der Waals surface area contributed by atoms with Crippen molar-refractivity contribution in [1.82, 2.24) is 10.5 Å². The molecule has 1 rings (SSSR count). The Bertz CT molecular complexity index is 129. The van der Waals surface area contributed by atoms with Crippen LogP contribution >= 0.6 is 0 Å². The van der Waals surface area contributed by atoms with Crippen molar-refractivity contribution in [3.05, 3.63) is 0 Å². The molecule has 1 unspecified atom stereocenters. The minimum atomic E-state index is -0.339. The average Bonchev–Trinajstić information content (AvgIpc) is 2.08. The van der Waals surface area contributed by atoms with Crippen molar-refractivity contribution in [2.45, 2.75) is 19.0 Å². The van der Waals surface area contributed by atoms with Gasteiger partial charge >= 0.3 is 0 Å². The molecule has 3 N–H and O–H groups in total. The van der Waals surface area contributed by atoms with Crippen LogP contribution in [0, 0.1) is 0 Å². The van der Waals surface area contributed by atoms with Gasteiger partial charge in [-0.15, -0.1) is 0 Å². The molecule has 0 aromatic heterocycles. The van der Waals surface area contributed by atoms with Crippen LogP contribution in [-0.2, 0) is 0 Å². The molecular formula is C5H12N4. The monoisotopic (exact) mass is 128 g/mol. The molecule has 0 spiro atoms. The van der Waals surface area contributed by atoms with Crippen LogP contribution in [-0.4, -0.2) is 24.0 Å². The van der Waals surface area contributed by atoms with Gasteiger partial charge in [0, 0.05) is 19.7 Å². The first kappa shape index (κ1) is 6.51. The molecule has 4 nitrogen and oxygen atoms in total. The smallest absolute Gasteiger partial charge is 0.124 e. The molecule has 0 amide bonds. The maximum Gasteiger partial charge on any atom is 0.124 e. The Morgan fingerprint density at radius 1 is 1.89 bits per heavy atom. The van der Waals surface area contributed by atoms with Crippen LogP contribution in [0.15, 0.2) is 5.10 Å². The lowest BCUT2D eigenvalue weighted by molar-refractivity contribution is 0.0895. The minimum absolute atomic E-state index is 0.339. The van der Waals surface area contributed by atoms with Gasteiger partial charge in [0.2, 0.25) is 0 Å². The summed E-state index contributed by atoms with van der Waals surface area (Å²) in [6.07, 6.45) is 2.60. The Hall–Kier alpha value is -0.610. The number of rotatable bonds is 1. The molecule has 0 aromatic rings. The predicted octanol–water partition coefficient (Wildman–Crippen LogP) is -0.513. The summed E-state index contributed by atoms with van der Waals surface area (Å²) < 4.78 is 0. The summed E-state index contributed by atoms with van der Waals surface area (Å²) in [5, 5.41) is 5.62. The second-order valence-electron chi connectivity index (χ2n) is 2.39. The second-order valence-corrected chi connectivity index (χ2v) is 2.39. The van der Waals surface area contributed by atoms with E-state index in [0.717, 1.165) is 6.42 Å². The number of nitrogens with two attached hydrogens (primary N) is 1. The van der Waals surface area contributed by atoms with E-state index in [4.69, 9.17) is 5.73 Å². The van der Waals surface area contributed by atoms with E-state index in [2.05, 4.69) is 10.5 Å². The number of hydrogen-bond acceptors (Lipinski definition) is 4. The van der Waals surface area contributed by atoms with Crippen molar-refractivity contribution in [2.75, 3.05) is 7.05 Å². The van der Waals surface area contributed by atoms with E-state index in [1.54, 1.807) is 18.4 Å².